The fourth-order valence-corrected chi connectivity index (χ4v) is 2.92. The largest absolute Gasteiger partial charge is 1.00 e. The molecule has 0 spiro atoms. The van der Waals surface area contributed by atoms with Crippen molar-refractivity contribution in [1.29, 1.82) is 0 Å². The summed E-state index contributed by atoms with van der Waals surface area (Å²) in [5, 5.41) is 0. The summed E-state index contributed by atoms with van der Waals surface area (Å²) in [6.45, 7) is 1.33. The van der Waals surface area contributed by atoms with Crippen molar-refractivity contribution in [2.45, 2.75) is 6.54 Å². The molecule has 0 fully saturated rings. The standard InChI is InChI=1S/C23H20NO3.BrH/c25-21(20-8-9-22-23(16-20)27-15-14-26-22)17-24-12-10-19(11-13-24)7-6-18-4-2-1-3-5-18;/h1-13,16H,14-15,17H2;1H/q+1;/p-1. The molecule has 4 nitrogen and oxygen atoms in total. The van der Waals surface area contributed by atoms with Crippen LogP contribution in [0.15, 0.2) is 73.1 Å². The molecule has 0 aliphatic carbocycles. The van der Waals surface area contributed by atoms with Crippen molar-refractivity contribution < 1.29 is 35.8 Å². The first-order valence-corrected chi connectivity index (χ1v) is 8.93. The fraction of sp³-hybridized carbons (Fsp3) is 0.130. The second-order valence-electron chi connectivity index (χ2n) is 6.33. The monoisotopic (exact) mass is 437 g/mol. The number of halogens is 1. The van der Waals surface area contributed by atoms with Crippen molar-refractivity contribution in [1.82, 2.24) is 0 Å². The number of ketones is 1. The van der Waals surface area contributed by atoms with Crippen LogP contribution in [0.1, 0.15) is 21.5 Å². The number of pyridine rings is 1. The van der Waals surface area contributed by atoms with Crippen LogP contribution >= 0.6 is 0 Å². The Morgan fingerprint density at radius 3 is 2.21 bits per heavy atom. The van der Waals surface area contributed by atoms with Crippen molar-refractivity contribution in [2.75, 3.05) is 13.2 Å². The van der Waals surface area contributed by atoms with Crippen molar-refractivity contribution in [2.24, 2.45) is 0 Å². The van der Waals surface area contributed by atoms with E-state index in [2.05, 4.69) is 24.3 Å². The Kier molecular flexibility index (Phi) is 6.61. The molecule has 1 aliphatic rings. The van der Waals surface area contributed by atoms with Gasteiger partial charge < -0.3 is 26.5 Å². The molecule has 3 aromatic rings. The minimum absolute atomic E-state index is 0. The third-order valence-electron chi connectivity index (χ3n) is 4.38. The van der Waals surface area contributed by atoms with Gasteiger partial charge in [0.2, 0.25) is 12.3 Å². The molecule has 0 atom stereocenters. The van der Waals surface area contributed by atoms with Gasteiger partial charge >= 0.3 is 0 Å². The van der Waals surface area contributed by atoms with E-state index >= 15 is 0 Å². The van der Waals surface area contributed by atoms with Gasteiger partial charge in [0.25, 0.3) is 0 Å². The number of Topliss-reactive ketones (excluding diaryl/α,β-unsaturated/α-hetero) is 1. The van der Waals surface area contributed by atoms with E-state index in [0.29, 0.717) is 30.3 Å². The average molecular weight is 438 g/mol. The minimum atomic E-state index is 0. The van der Waals surface area contributed by atoms with Crippen molar-refractivity contribution in [3.05, 3.63) is 89.7 Å². The van der Waals surface area contributed by atoms with Crippen LogP contribution in [-0.4, -0.2) is 19.0 Å². The predicted octanol–water partition coefficient (Wildman–Crippen LogP) is 0.803. The Morgan fingerprint density at radius 1 is 0.857 bits per heavy atom. The Labute approximate surface area is 174 Å². The van der Waals surface area contributed by atoms with E-state index in [1.165, 1.54) is 0 Å². The van der Waals surface area contributed by atoms with E-state index in [-0.39, 0.29) is 29.3 Å². The number of benzene rings is 2. The number of carbonyl (C=O) groups is 1. The zero-order valence-electron chi connectivity index (χ0n) is 15.3. The van der Waals surface area contributed by atoms with Crippen LogP contribution in [0.4, 0.5) is 0 Å². The van der Waals surface area contributed by atoms with Gasteiger partial charge in [-0.25, -0.2) is 0 Å². The molecule has 1 aliphatic heterocycles. The smallest absolute Gasteiger partial charge is 0.227 e. The van der Waals surface area contributed by atoms with Crippen LogP contribution in [0.2, 0.25) is 0 Å². The third kappa shape index (κ3) is 4.87. The van der Waals surface area contributed by atoms with Gasteiger partial charge in [-0.1, -0.05) is 42.5 Å². The van der Waals surface area contributed by atoms with E-state index in [1.807, 2.05) is 47.3 Å². The summed E-state index contributed by atoms with van der Waals surface area (Å²) in [5.74, 6) is 1.36. The van der Waals surface area contributed by atoms with Crippen molar-refractivity contribution in [3.8, 4) is 11.5 Å². The van der Waals surface area contributed by atoms with Crippen LogP contribution in [0.25, 0.3) is 12.2 Å². The van der Waals surface area contributed by atoms with Gasteiger partial charge in [0.15, 0.2) is 23.9 Å². The van der Waals surface area contributed by atoms with Crippen LogP contribution in [0.3, 0.4) is 0 Å². The molecule has 1 aromatic heterocycles. The first-order valence-electron chi connectivity index (χ1n) is 8.93. The minimum Gasteiger partial charge on any atom is -1.00 e. The topological polar surface area (TPSA) is 39.4 Å². The quantitative estimate of drug-likeness (QED) is 0.437. The summed E-state index contributed by atoms with van der Waals surface area (Å²) in [7, 11) is 0. The maximum Gasteiger partial charge on any atom is 0.227 e. The lowest BCUT2D eigenvalue weighted by Crippen LogP contribution is -3.00. The number of aromatic nitrogens is 1. The molecule has 5 heteroatoms. The van der Waals surface area contributed by atoms with Gasteiger partial charge in [0.1, 0.15) is 13.2 Å². The number of rotatable bonds is 5. The van der Waals surface area contributed by atoms with Gasteiger partial charge in [-0.2, -0.15) is 4.57 Å². The maximum absolute atomic E-state index is 12.6. The molecule has 2 aromatic carbocycles. The van der Waals surface area contributed by atoms with Gasteiger partial charge in [-0.05, 0) is 29.3 Å². The second-order valence-corrected chi connectivity index (χ2v) is 6.33. The highest BCUT2D eigenvalue weighted by Gasteiger charge is 2.17. The maximum atomic E-state index is 12.6. The van der Waals surface area contributed by atoms with Gasteiger partial charge in [-0.15, -0.1) is 0 Å². The molecule has 0 bridgehead atoms. The molecular weight excluding hydrogens is 418 g/mol. The van der Waals surface area contributed by atoms with Gasteiger partial charge in [-0.3, -0.25) is 4.79 Å². The van der Waals surface area contributed by atoms with E-state index in [1.54, 1.807) is 18.2 Å². The number of carbonyl (C=O) groups excluding carboxylic acids is 1. The first kappa shape index (κ1) is 19.8. The summed E-state index contributed by atoms with van der Waals surface area (Å²) >= 11 is 0. The normalized spacial score (nSPS) is 12.4. The Balaban J connectivity index is 0.00000225. The summed E-state index contributed by atoms with van der Waals surface area (Å²) in [6.07, 6.45) is 7.96. The zero-order valence-corrected chi connectivity index (χ0v) is 16.8. The lowest BCUT2D eigenvalue weighted by molar-refractivity contribution is -0.683. The van der Waals surface area contributed by atoms with Crippen LogP contribution in [-0.2, 0) is 6.54 Å². The van der Waals surface area contributed by atoms with Crippen LogP contribution in [0.5, 0.6) is 11.5 Å². The SMILES string of the molecule is O=C(C[n+]1ccc(C=Cc2ccccc2)cc1)c1ccc2c(c1)OCCO2.[Br-]. The van der Waals surface area contributed by atoms with Gasteiger partial charge in [0, 0.05) is 17.7 Å². The molecule has 0 radical (unpaired) electrons. The number of hydrogen-bond donors (Lipinski definition) is 0. The number of fused-ring (bicyclic) bond motifs is 1. The summed E-state index contributed by atoms with van der Waals surface area (Å²) < 4.78 is 12.9. The third-order valence-corrected chi connectivity index (χ3v) is 4.38. The molecule has 0 N–H and O–H groups in total. The van der Waals surface area contributed by atoms with Crippen molar-refractivity contribution >= 4 is 17.9 Å². The summed E-state index contributed by atoms with van der Waals surface area (Å²) in [6, 6.07) is 19.5. The molecule has 4 rings (SSSR count). The van der Waals surface area contributed by atoms with E-state index in [0.717, 1.165) is 11.1 Å². The second kappa shape index (κ2) is 9.33. The molecule has 142 valence electrons. The fourth-order valence-electron chi connectivity index (χ4n) is 2.92. The molecule has 0 amide bonds. The highest BCUT2D eigenvalue weighted by Crippen LogP contribution is 2.30. The molecule has 0 saturated heterocycles. The molecule has 0 unspecified atom stereocenters. The number of hydrogen-bond acceptors (Lipinski definition) is 3. The zero-order chi connectivity index (χ0) is 18.5. The van der Waals surface area contributed by atoms with Crippen LogP contribution < -0.4 is 31.0 Å². The molecule has 2 heterocycles. The van der Waals surface area contributed by atoms with E-state index in [9.17, 15) is 4.79 Å². The summed E-state index contributed by atoms with van der Waals surface area (Å²) in [5.41, 5.74) is 2.87. The average Bonchev–Trinajstić information content (AvgIpc) is 2.73. The van der Waals surface area contributed by atoms with E-state index < -0.39 is 0 Å². The summed E-state index contributed by atoms with van der Waals surface area (Å²) in [4.78, 5) is 12.6. The van der Waals surface area contributed by atoms with E-state index in [4.69, 9.17) is 9.47 Å². The number of ether oxygens (including phenoxy) is 2. The highest BCUT2D eigenvalue weighted by atomic mass is 79.9. The lowest BCUT2D eigenvalue weighted by atomic mass is 10.1. The Hall–Kier alpha value is -2.92. The lowest BCUT2D eigenvalue weighted by Gasteiger charge is -2.18. The predicted molar refractivity (Wildman–Crippen MR) is 104 cm³/mol. The van der Waals surface area contributed by atoms with Crippen molar-refractivity contribution in [3.63, 3.8) is 0 Å². The van der Waals surface area contributed by atoms with Gasteiger partial charge in [0.05, 0.1) is 0 Å². The van der Waals surface area contributed by atoms with Crippen LogP contribution in [0, 0.1) is 0 Å². The Bertz CT molecular complexity index is 969. The number of nitrogens with zero attached hydrogens (tertiary/aromatic N) is 1. The molecule has 0 saturated carbocycles. The molecular formula is C23H20BrNO3. The Morgan fingerprint density at radius 2 is 1.50 bits per heavy atom. The first-order chi connectivity index (χ1) is 13.3. The molecule has 28 heavy (non-hydrogen) atoms. The highest BCUT2D eigenvalue weighted by molar-refractivity contribution is 5.95.